The molecule has 454 valence electrons. The molecule has 0 radical (unpaired) electrons. The molecule has 2 fully saturated rings. The fourth-order valence-corrected chi connectivity index (χ4v) is 15.1. The summed E-state index contributed by atoms with van der Waals surface area (Å²) < 4.78 is 85.5. The molecule has 0 amide bonds. The fourth-order valence-electron chi connectivity index (χ4n) is 15.1. The highest BCUT2D eigenvalue weighted by molar-refractivity contribution is 8.20. The minimum absolute atomic E-state index is 0.0434. The Kier molecular flexibility index (Phi) is 18.2. The zero-order valence-electron chi connectivity index (χ0n) is 52.0. The van der Waals surface area contributed by atoms with E-state index in [4.69, 9.17) is 64.7 Å². The van der Waals surface area contributed by atoms with E-state index < -0.39 is 24.2 Å². The summed E-state index contributed by atoms with van der Waals surface area (Å²) in [6, 6.07) is 6.78. The number of hydrogen-bond donors (Lipinski definition) is 3. The molecule has 0 aromatic heterocycles. The first-order chi connectivity index (χ1) is 42.0. The second-order valence-electron chi connectivity index (χ2n) is 22.3. The Morgan fingerprint density at radius 3 is 1.41 bits per heavy atom. The zero-order valence-corrected chi connectivity index (χ0v) is 52.1. The Bertz CT molecular complexity index is 3370. The van der Waals surface area contributed by atoms with E-state index in [0.29, 0.717) is 90.6 Å². The summed E-state index contributed by atoms with van der Waals surface area (Å²) in [5.41, 5.74) is 11.6. The van der Waals surface area contributed by atoms with E-state index in [2.05, 4.69) is 92.7 Å². The molecule has 8 aliphatic rings. The molecule has 0 saturated carbocycles. The molecule has 1 unspecified atom stereocenters. The number of aryl methyl sites for hydroxylation is 2. The van der Waals surface area contributed by atoms with Crippen LogP contribution in [0.25, 0.3) is 0 Å². The number of nitriles is 2. The molecule has 4 aromatic rings. The predicted molar refractivity (Wildman–Crippen MR) is 325 cm³/mol. The quantitative estimate of drug-likeness (QED) is 0.0328. The highest BCUT2D eigenvalue weighted by Gasteiger charge is 2.59. The van der Waals surface area contributed by atoms with E-state index >= 15 is 0 Å². The summed E-state index contributed by atoms with van der Waals surface area (Å²) in [5.74, 6) is 6.61. The van der Waals surface area contributed by atoms with E-state index in [1.807, 2.05) is 27.7 Å². The van der Waals surface area contributed by atoms with Crippen molar-refractivity contribution in [1.82, 2.24) is 19.6 Å². The number of nitrogens with zero attached hydrogens (tertiary/aromatic N) is 6. The minimum atomic E-state index is -0.494. The lowest BCUT2D eigenvalue weighted by Gasteiger charge is -2.59. The second-order valence-corrected chi connectivity index (χ2v) is 23.5. The third-order valence-electron chi connectivity index (χ3n) is 18.2. The lowest BCUT2D eigenvalue weighted by molar-refractivity contribution is -0.0832. The summed E-state index contributed by atoms with van der Waals surface area (Å²) in [5, 5.41) is 37.4. The van der Waals surface area contributed by atoms with Gasteiger partial charge in [-0.1, -0.05) is 37.4 Å². The first kappa shape index (κ1) is 59.2. The first-order valence-corrected chi connectivity index (χ1v) is 29.6. The van der Waals surface area contributed by atoms with Crippen LogP contribution in [0.15, 0.2) is 37.4 Å². The number of benzene rings is 4. The van der Waals surface area contributed by atoms with Crippen molar-refractivity contribution in [1.29, 1.82) is 13.3 Å². The highest BCUT2D eigenvalue weighted by atomic mass is 32.1. The molecule has 12 rings (SSSR count). The number of fused-ring (bicyclic) bond motifs is 18. The normalized spacial score (nSPS) is 25.5. The van der Waals surface area contributed by atoms with Crippen molar-refractivity contribution in [2.24, 2.45) is 0 Å². The van der Waals surface area contributed by atoms with Crippen LogP contribution in [0.2, 0.25) is 0 Å². The molecule has 8 heterocycles. The average Bonchev–Trinajstić information content (AvgIpc) is 1.47. The smallest absolute Gasteiger partial charge is 0.231 e. The van der Waals surface area contributed by atoms with Crippen LogP contribution in [0.3, 0.4) is 0 Å². The maximum atomic E-state index is 11.0. The molecule has 11 atom stereocenters. The molecular formula is C62H78BN6O14PS. The van der Waals surface area contributed by atoms with Crippen LogP contribution in [-0.4, -0.2) is 171 Å². The Hall–Kier alpha value is -6.14. The number of thiol groups is 1. The number of methoxy groups -OCH3 is 4. The number of aliphatic hydroxyl groups excluding tert-OH is 2. The number of aliphatic hydroxyl groups is 2. The van der Waals surface area contributed by atoms with Crippen molar-refractivity contribution in [3.63, 3.8) is 0 Å². The van der Waals surface area contributed by atoms with Crippen LogP contribution >= 0.6 is 21.6 Å². The van der Waals surface area contributed by atoms with Crippen LogP contribution in [0.4, 0.5) is 0 Å². The molecule has 0 aliphatic carbocycles. The Balaban J connectivity index is 0.000000182. The van der Waals surface area contributed by atoms with Crippen LogP contribution in [0.1, 0.15) is 90.9 Å². The molecule has 2 N–H and O–H groups in total. The summed E-state index contributed by atoms with van der Waals surface area (Å²) in [6.45, 7) is 16.5. The zero-order chi connectivity index (χ0) is 62.3. The van der Waals surface area contributed by atoms with E-state index in [1.165, 1.54) is 0 Å². The number of hydrogen-bond acceptors (Lipinski definition) is 21. The molecule has 4 aromatic carbocycles. The summed E-state index contributed by atoms with van der Waals surface area (Å²) in [4.78, 5) is 9.03. The first-order valence-electron chi connectivity index (χ1n) is 29.4. The van der Waals surface area contributed by atoms with Gasteiger partial charge in [-0.05, 0) is 91.1 Å². The third-order valence-corrected chi connectivity index (χ3v) is 18.2. The lowest BCUT2D eigenvalue weighted by Crippen LogP contribution is -2.68. The summed E-state index contributed by atoms with van der Waals surface area (Å²) in [6.07, 6.45) is 5.56. The van der Waals surface area contributed by atoms with Gasteiger partial charge in [0.25, 0.3) is 0 Å². The number of ether oxygens (including phenoxy) is 12. The van der Waals surface area contributed by atoms with Gasteiger partial charge in [-0.25, -0.2) is 12.5 Å². The Labute approximate surface area is 509 Å². The van der Waals surface area contributed by atoms with Gasteiger partial charge in [-0.15, -0.1) is 0 Å². The van der Waals surface area contributed by atoms with E-state index in [0.717, 1.165) is 72.5 Å². The molecular weight excluding hydrogens is 1130 g/mol. The van der Waals surface area contributed by atoms with E-state index in [9.17, 15) is 15.6 Å². The average molecular weight is 1210 g/mol. The largest absolute Gasteiger partial charge is 0.493 e. The van der Waals surface area contributed by atoms with Gasteiger partial charge in [0.05, 0.1) is 63.7 Å². The number of rotatable bonds is 17. The number of piperazine rings is 2. The standard InChI is InChI=1S/2C31H37N3O7.BH4PS/c2*1-7-8-38-28-17(3)29-31(41-15-40-29)25-19(28)11-21-26-24-18(9-16(2)27(37-6)30(24)39-14-36-5)10-20(33(26)4)22(12-32)34(21)23(25)13-35;2-1-3/h2*7,9,20-23,26,35H,1,8,10-11,13-15H2,2-6H3;1,3H,2H2/t2*20-,21-,22-,23-,26-;/m00./s1/i35T;;1D. The van der Waals surface area contributed by atoms with Crippen molar-refractivity contribution in [2.75, 3.05) is 96.1 Å². The molecule has 4 bridgehead atoms. The van der Waals surface area contributed by atoms with Gasteiger partial charge >= 0.3 is 0 Å². The molecule has 85 heavy (non-hydrogen) atoms. The lowest BCUT2D eigenvalue weighted by atomic mass is 9.71. The van der Waals surface area contributed by atoms with Gasteiger partial charge < -0.3 is 67.1 Å². The van der Waals surface area contributed by atoms with Crippen molar-refractivity contribution in [2.45, 2.75) is 114 Å². The fraction of sp³-hybridized carbons (Fsp3) is 0.516. The second kappa shape index (κ2) is 26.1. The van der Waals surface area contributed by atoms with Crippen molar-refractivity contribution in [3.8, 4) is 69.6 Å². The summed E-state index contributed by atoms with van der Waals surface area (Å²) in [7, 11) is 12.8. The van der Waals surface area contributed by atoms with Crippen LogP contribution in [0.5, 0.6) is 57.5 Å². The van der Waals surface area contributed by atoms with Crippen molar-refractivity contribution >= 4 is 27.8 Å². The Morgan fingerprint density at radius 1 is 0.659 bits per heavy atom. The molecule has 0 spiro atoms. The van der Waals surface area contributed by atoms with Crippen LogP contribution < -0.4 is 47.4 Å². The van der Waals surface area contributed by atoms with Crippen molar-refractivity contribution in [3.05, 3.63) is 104 Å². The van der Waals surface area contributed by atoms with E-state index in [-0.39, 0.29) is 82.9 Å². The number of likely N-dealkylation sites (N-methyl/N-ethyl adjacent to an activating group) is 2. The van der Waals surface area contributed by atoms with Crippen molar-refractivity contribution < 1.29 is 67.1 Å². The SMILES string of the molecule is C=CCOc1c(C)c2c(c3c1C[C@H]1[C@H]4c5c(cc(C)c(OC)c5OCOC)C[C@@H]([C@H](C#N)N1[C@H]3CO)N4C)OCO2.[2H]B(P)S.[3H]OC[C@H]1c2c(c(OCC=C)c(C)c3c2OCO3)C[C@H]2[C@H]3c4c(cc(C)c(OC)c4OCOC)C[C@@H]([C@H](C#N)N12)N3C. The topological polar surface area (TPSA) is 212 Å². The predicted octanol–water partition coefficient (Wildman–Crippen LogP) is 6.76. The Morgan fingerprint density at radius 2 is 1.06 bits per heavy atom. The minimum Gasteiger partial charge on any atom is -0.493 e. The molecule has 2 saturated heterocycles. The van der Waals surface area contributed by atoms with Gasteiger partial charge in [-0.2, -0.15) is 19.6 Å². The van der Waals surface area contributed by atoms with Gasteiger partial charge in [0.2, 0.25) is 21.3 Å². The highest BCUT2D eigenvalue weighted by Crippen LogP contribution is 2.61. The van der Waals surface area contributed by atoms with Gasteiger partial charge in [0, 0.05) is 82.9 Å². The van der Waals surface area contributed by atoms with Gasteiger partial charge in [0.1, 0.15) is 36.8 Å². The maximum absolute atomic E-state index is 11.0. The van der Waals surface area contributed by atoms with E-state index in [1.54, 1.807) is 40.6 Å². The molecule has 8 aliphatic heterocycles. The monoisotopic (exact) mass is 1210 g/mol. The van der Waals surface area contributed by atoms with Crippen LogP contribution in [0, 0.1) is 50.4 Å². The van der Waals surface area contributed by atoms with Gasteiger partial charge in [0.15, 0.2) is 59.6 Å². The van der Waals surface area contributed by atoms with Gasteiger partial charge in [-0.3, -0.25) is 19.6 Å². The van der Waals surface area contributed by atoms with Crippen LogP contribution in [-0.2, 0) is 35.2 Å². The summed E-state index contributed by atoms with van der Waals surface area (Å²) >= 11 is 3.60. The third kappa shape index (κ3) is 10.2. The maximum Gasteiger partial charge on any atom is 0.231 e. The molecule has 23 heteroatoms. The molecule has 20 nitrogen and oxygen atoms in total.